The van der Waals surface area contributed by atoms with Crippen molar-refractivity contribution in [3.63, 3.8) is 0 Å². The van der Waals surface area contributed by atoms with Crippen LogP contribution < -0.4 is 0 Å². The fourth-order valence-corrected chi connectivity index (χ4v) is 2.14. The number of rotatable bonds is 3. The summed E-state index contributed by atoms with van der Waals surface area (Å²) >= 11 is 0. The van der Waals surface area contributed by atoms with E-state index in [2.05, 4.69) is 4.98 Å². The molecular weight excluding hydrogens is 242 g/mol. The number of aryl methyl sites for hydroxylation is 1. The summed E-state index contributed by atoms with van der Waals surface area (Å²) in [4.78, 5) is 26.6. The average molecular weight is 257 g/mol. The Balaban J connectivity index is 2.75. The lowest BCUT2D eigenvalue weighted by Gasteiger charge is -2.05. The number of Topliss-reactive ketones (excluding diaryl/α,β-unsaturated/α-hetero) is 1. The Hall–Kier alpha value is -2.36. The van der Waals surface area contributed by atoms with Gasteiger partial charge in [0.2, 0.25) is 0 Å². The standard InChI is InChI=1S/C15H15NO3/c1-9-12(15(18)19-3)13(14(16-9)10(2)17)11-7-5-4-6-8-11/h4-8,16H,1-3H3. The van der Waals surface area contributed by atoms with Gasteiger partial charge in [0.1, 0.15) is 0 Å². The van der Waals surface area contributed by atoms with Crippen LogP contribution in [0.5, 0.6) is 0 Å². The number of methoxy groups -OCH3 is 1. The zero-order valence-electron chi connectivity index (χ0n) is 11.1. The third-order valence-corrected chi connectivity index (χ3v) is 2.99. The van der Waals surface area contributed by atoms with Crippen molar-refractivity contribution in [1.29, 1.82) is 0 Å². The highest BCUT2D eigenvalue weighted by molar-refractivity contribution is 6.07. The van der Waals surface area contributed by atoms with E-state index in [9.17, 15) is 9.59 Å². The van der Waals surface area contributed by atoms with Crippen LogP contribution in [0.1, 0.15) is 33.5 Å². The lowest BCUT2D eigenvalue weighted by molar-refractivity contribution is 0.0601. The van der Waals surface area contributed by atoms with Gasteiger partial charge in [-0.05, 0) is 12.5 Å². The number of carbonyl (C=O) groups is 2. The molecule has 1 aromatic heterocycles. The first-order valence-corrected chi connectivity index (χ1v) is 5.93. The first-order chi connectivity index (χ1) is 9.06. The lowest BCUT2D eigenvalue weighted by atomic mass is 9.99. The van der Waals surface area contributed by atoms with E-state index >= 15 is 0 Å². The van der Waals surface area contributed by atoms with Crippen LogP contribution in [-0.2, 0) is 4.74 Å². The van der Waals surface area contributed by atoms with Crippen molar-refractivity contribution in [1.82, 2.24) is 4.98 Å². The number of benzene rings is 1. The number of carbonyl (C=O) groups excluding carboxylic acids is 2. The van der Waals surface area contributed by atoms with E-state index in [1.807, 2.05) is 30.3 Å². The van der Waals surface area contributed by atoms with Gasteiger partial charge in [0.05, 0.1) is 18.4 Å². The van der Waals surface area contributed by atoms with Gasteiger partial charge in [-0.25, -0.2) is 4.79 Å². The van der Waals surface area contributed by atoms with Crippen LogP contribution in [0, 0.1) is 6.92 Å². The molecule has 0 bridgehead atoms. The zero-order valence-corrected chi connectivity index (χ0v) is 11.1. The van der Waals surface area contributed by atoms with Crippen LogP contribution in [0.2, 0.25) is 0 Å². The number of aromatic amines is 1. The van der Waals surface area contributed by atoms with Gasteiger partial charge >= 0.3 is 5.97 Å². The molecule has 0 aliphatic rings. The van der Waals surface area contributed by atoms with Crippen LogP contribution in [-0.4, -0.2) is 23.8 Å². The smallest absolute Gasteiger partial charge is 0.340 e. The first kappa shape index (κ1) is 13.1. The molecule has 0 radical (unpaired) electrons. The number of hydrogen-bond donors (Lipinski definition) is 1. The summed E-state index contributed by atoms with van der Waals surface area (Å²) in [5.41, 5.74) is 2.91. The van der Waals surface area contributed by atoms with Gasteiger partial charge in [-0.2, -0.15) is 0 Å². The molecule has 0 unspecified atom stereocenters. The van der Waals surface area contributed by atoms with Gasteiger partial charge in [-0.15, -0.1) is 0 Å². The summed E-state index contributed by atoms with van der Waals surface area (Å²) in [6, 6.07) is 9.34. The monoisotopic (exact) mass is 257 g/mol. The minimum Gasteiger partial charge on any atom is -0.465 e. The van der Waals surface area contributed by atoms with Gasteiger partial charge in [-0.3, -0.25) is 4.79 Å². The van der Waals surface area contributed by atoms with E-state index < -0.39 is 5.97 Å². The van der Waals surface area contributed by atoms with Crippen LogP contribution in [0.25, 0.3) is 11.1 Å². The van der Waals surface area contributed by atoms with Crippen LogP contribution in [0.15, 0.2) is 30.3 Å². The number of nitrogens with one attached hydrogen (secondary N) is 1. The van der Waals surface area contributed by atoms with Crippen LogP contribution >= 0.6 is 0 Å². The summed E-state index contributed by atoms with van der Waals surface area (Å²) in [5, 5.41) is 0. The van der Waals surface area contributed by atoms with Gasteiger partial charge in [0.15, 0.2) is 5.78 Å². The molecule has 0 fully saturated rings. The Labute approximate surface area is 111 Å². The molecule has 4 heteroatoms. The average Bonchev–Trinajstić information content (AvgIpc) is 2.76. The normalized spacial score (nSPS) is 10.3. The van der Waals surface area contributed by atoms with Crippen LogP contribution in [0.3, 0.4) is 0 Å². The molecule has 1 heterocycles. The van der Waals surface area contributed by atoms with Gasteiger partial charge < -0.3 is 9.72 Å². The molecule has 98 valence electrons. The molecule has 0 saturated carbocycles. The zero-order chi connectivity index (χ0) is 14.0. The van der Waals surface area contributed by atoms with Crippen molar-refractivity contribution in [3.8, 4) is 11.1 Å². The molecule has 0 saturated heterocycles. The van der Waals surface area contributed by atoms with Crippen molar-refractivity contribution in [2.75, 3.05) is 7.11 Å². The molecule has 0 aliphatic carbocycles. The summed E-state index contributed by atoms with van der Waals surface area (Å²) < 4.78 is 4.80. The minimum atomic E-state index is -0.444. The third kappa shape index (κ3) is 2.29. The second-order valence-corrected chi connectivity index (χ2v) is 4.29. The Kier molecular flexibility index (Phi) is 3.51. The Morgan fingerprint density at radius 2 is 1.79 bits per heavy atom. The van der Waals surface area contributed by atoms with Crippen molar-refractivity contribution in [3.05, 3.63) is 47.3 Å². The first-order valence-electron chi connectivity index (χ1n) is 5.93. The fourth-order valence-electron chi connectivity index (χ4n) is 2.14. The van der Waals surface area contributed by atoms with E-state index in [-0.39, 0.29) is 5.78 Å². The quantitative estimate of drug-likeness (QED) is 0.679. The highest BCUT2D eigenvalue weighted by Crippen LogP contribution is 2.31. The van der Waals surface area contributed by atoms with E-state index in [4.69, 9.17) is 4.74 Å². The molecule has 0 spiro atoms. The highest BCUT2D eigenvalue weighted by atomic mass is 16.5. The van der Waals surface area contributed by atoms with Crippen LogP contribution in [0.4, 0.5) is 0 Å². The van der Waals surface area contributed by atoms with Crippen molar-refractivity contribution in [2.24, 2.45) is 0 Å². The topological polar surface area (TPSA) is 59.2 Å². The van der Waals surface area contributed by atoms with E-state index in [0.717, 1.165) is 5.56 Å². The predicted octanol–water partition coefficient (Wildman–Crippen LogP) is 2.98. The third-order valence-electron chi connectivity index (χ3n) is 2.99. The maximum atomic E-state index is 11.9. The maximum absolute atomic E-state index is 11.9. The van der Waals surface area contributed by atoms with Crippen molar-refractivity contribution in [2.45, 2.75) is 13.8 Å². The largest absolute Gasteiger partial charge is 0.465 e. The summed E-state index contributed by atoms with van der Waals surface area (Å²) in [7, 11) is 1.33. The Bertz CT molecular complexity index is 626. The number of aromatic nitrogens is 1. The maximum Gasteiger partial charge on any atom is 0.340 e. The van der Waals surface area contributed by atoms with Crippen molar-refractivity contribution < 1.29 is 14.3 Å². The Morgan fingerprint density at radius 1 is 1.16 bits per heavy atom. The second-order valence-electron chi connectivity index (χ2n) is 4.29. The van der Waals surface area contributed by atoms with Crippen molar-refractivity contribution >= 4 is 11.8 Å². The molecule has 4 nitrogen and oxygen atoms in total. The number of hydrogen-bond acceptors (Lipinski definition) is 3. The molecule has 19 heavy (non-hydrogen) atoms. The van der Waals surface area contributed by atoms with E-state index in [1.54, 1.807) is 6.92 Å². The predicted molar refractivity (Wildman–Crippen MR) is 72.3 cm³/mol. The molecule has 2 rings (SSSR count). The molecule has 0 atom stereocenters. The fraction of sp³-hybridized carbons (Fsp3) is 0.200. The van der Waals surface area contributed by atoms with E-state index in [1.165, 1.54) is 14.0 Å². The van der Waals surface area contributed by atoms with Gasteiger partial charge in [0, 0.05) is 18.2 Å². The molecule has 0 aliphatic heterocycles. The number of ether oxygens (including phenoxy) is 1. The molecule has 0 amide bonds. The molecular formula is C15H15NO3. The second kappa shape index (κ2) is 5.10. The summed E-state index contributed by atoms with van der Waals surface area (Å²) in [6.07, 6.45) is 0. The SMILES string of the molecule is COC(=O)c1c(C)[nH]c(C(C)=O)c1-c1ccccc1. The van der Waals surface area contributed by atoms with E-state index in [0.29, 0.717) is 22.5 Å². The number of ketones is 1. The lowest BCUT2D eigenvalue weighted by Crippen LogP contribution is -2.04. The molecule has 1 N–H and O–H groups in total. The summed E-state index contributed by atoms with van der Waals surface area (Å²) in [6.45, 7) is 3.23. The Morgan fingerprint density at radius 3 is 2.32 bits per heavy atom. The number of H-pyrrole nitrogens is 1. The molecule has 2 aromatic rings. The highest BCUT2D eigenvalue weighted by Gasteiger charge is 2.24. The molecule has 1 aromatic carbocycles. The summed E-state index contributed by atoms with van der Waals surface area (Å²) in [5.74, 6) is -0.558. The number of esters is 1. The minimum absolute atomic E-state index is 0.114. The van der Waals surface area contributed by atoms with Gasteiger partial charge in [-0.1, -0.05) is 30.3 Å². The van der Waals surface area contributed by atoms with Gasteiger partial charge in [0.25, 0.3) is 0 Å².